The molecule has 0 bridgehead atoms. The van der Waals surface area contributed by atoms with Crippen molar-refractivity contribution < 1.29 is 13.9 Å². The van der Waals surface area contributed by atoms with E-state index in [-0.39, 0.29) is 5.69 Å². The van der Waals surface area contributed by atoms with Crippen molar-refractivity contribution in [2.75, 3.05) is 6.61 Å². The third-order valence-electron chi connectivity index (χ3n) is 2.43. The Balaban J connectivity index is 3.14. The highest BCUT2D eigenvalue weighted by molar-refractivity contribution is 5.20. The van der Waals surface area contributed by atoms with Crippen molar-refractivity contribution in [1.29, 1.82) is 0 Å². The van der Waals surface area contributed by atoms with Crippen molar-refractivity contribution in [3.63, 3.8) is 0 Å². The SMILES string of the molecule is Cn1cccc1[C@](C)(N)C(F)(F)CO. The molecule has 0 unspecified atom stereocenters. The fourth-order valence-electron chi connectivity index (χ4n) is 1.35. The fourth-order valence-corrected chi connectivity index (χ4v) is 1.35. The van der Waals surface area contributed by atoms with Gasteiger partial charge in [0.15, 0.2) is 0 Å². The number of aliphatic hydroxyl groups excluding tert-OH is 1. The van der Waals surface area contributed by atoms with Crippen molar-refractivity contribution in [2.24, 2.45) is 12.8 Å². The molecule has 0 radical (unpaired) electrons. The van der Waals surface area contributed by atoms with Gasteiger partial charge in [0.25, 0.3) is 5.92 Å². The molecule has 5 heteroatoms. The predicted molar refractivity (Wildman–Crippen MR) is 49.0 cm³/mol. The first-order valence-corrected chi connectivity index (χ1v) is 4.22. The molecule has 0 aliphatic heterocycles. The average Bonchev–Trinajstić information content (AvgIpc) is 2.51. The molecule has 1 rings (SSSR count). The summed E-state index contributed by atoms with van der Waals surface area (Å²) in [4.78, 5) is 0. The Kier molecular flexibility index (Phi) is 2.65. The molecule has 3 N–H and O–H groups in total. The number of halogens is 2. The Morgan fingerprint density at radius 1 is 1.57 bits per heavy atom. The lowest BCUT2D eigenvalue weighted by Crippen LogP contribution is -2.53. The van der Waals surface area contributed by atoms with Gasteiger partial charge in [0.05, 0.1) is 0 Å². The Morgan fingerprint density at radius 3 is 2.50 bits per heavy atom. The van der Waals surface area contributed by atoms with Crippen LogP contribution in [-0.2, 0) is 12.6 Å². The number of hydrogen-bond acceptors (Lipinski definition) is 2. The summed E-state index contributed by atoms with van der Waals surface area (Å²) >= 11 is 0. The van der Waals surface area contributed by atoms with Gasteiger partial charge in [0.1, 0.15) is 12.1 Å². The van der Waals surface area contributed by atoms with Crippen LogP contribution in [-0.4, -0.2) is 22.2 Å². The van der Waals surface area contributed by atoms with Gasteiger partial charge in [-0.05, 0) is 19.1 Å². The lowest BCUT2D eigenvalue weighted by molar-refractivity contribution is -0.110. The molecule has 0 saturated carbocycles. The number of nitrogens with two attached hydrogens (primary N) is 1. The Hall–Kier alpha value is -0.940. The van der Waals surface area contributed by atoms with E-state index in [2.05, 4.69) is 0 Å². The molecule has 0 aliphatic rings. The van der Waals surface area contributed by atoms with Crippen molar-refractivity contribution in [3.8, 4) is 0 Å². The van der Waals surface area contributed by atoms with Gasteiger partial charge < -0.3 is 15.4 Å². The highest BCUT2D eigenvalue weighted by Crippen LogP contribution is 2.34. The van der Waals surface area contributed by atoms with Gasteiger partial charge in [-0.1, -0.05) is 0 Å². The van der Waals surface area contributed by atoms with Crippen LogP contribution in [0.25, 0.3) is 0 Å². The van der Waals surface area contributed by atoms with Crippen molar-refractivity contribution in [1.82, 2.24) is 4.57 Å². The van der Waals surface area contributed by atoms with Gasteiger partial charge >= 0.3 is 0 Å². The van der Waals surface area contributed by atoms with E-state index >= 15 is 0 Å². The van der Waals surface area contributed by atoms with E-state index in [0.717, 1.165) is 0 Å². The molecular formula is C9H14F2N2O. The number of aliphatic hydroxyl groups is 1. The molecule has 1 heterocycles. The summed E-state index contributed by atoms with van der Waals surface area (Å²) in [6.07, 6.45) is 1.63. The van der Waals surface area contributed by atoms with Crippen LogP contribution in [0.15, 0.2) is 18.3 Å². The molecular weight excluding hydrogens is 190 g/mol. The Bertz CT molecular complexity index is 320. The first-order chi connectivity index (χ1) is 6.33. The molecule has 14 heavy (non-hydrogen) atoms. The molecule has 1 atom stereocenters. The fraction of sp³-hybridized carbons (Fsp3) is 0.556. The van der Waals surface area contributed by atoms with E-state index in [9.17, 15) is 8.78 Å². The van der Waals surface area contributed by atoms with Gasteiger partial charge in [-0.3, -0.25) is 0 Å². The van der Waals surface area contributed by atoms with Crippen LogP contribution < -0.4 is 5.73 Å². The Morgan fingerprint density at radius 2 is 2.14 bits per heavy atom. The van der Waals surface area contributed by atoms with Crippen molar-refractivity contribution in [2.45, 2.75) is 18.4 Å². The normalized spacial score (nSPS) is 16.7. The van der Waals surface area contributed by atoms with Gasteiger partial charge in [-0.25, -0.2) is 8.78 Å². The standard InChI is InChI=1S/C9H14F2N2O/c1-8(12,9(10,11)6-14)7-4-3-5-13(7)2/h3-5,14H,6,12H2,1-2H3/t8-/m0/s1. The number of hydrogen-bond donors (Lipinski definition) is 2. The van der Waals surface area contributed by atoms with E-state index < -0.39 is 18.1 Å². The van der Waals surface area contributed by atoms with Crippen LogP contribution in [0, 0.1) is 0 Å². The van der Waals surface area contributed by atoms with Crippen LogP contribution in [0.5, 0.6) is 0 Å². The summed E-state index contributed by atoms with van der Waals surface area (Å²) in [6, 6.07) is 3.15. The first kappa shape index (κ1) is 11.1. The number of aryl methyl sites for hydroxylation is 1. The quantitative estimate of drug-likeness (QED) is 0.766. The monoisotopic (exact) mass is 204 g/mol. The number of alkyl halides is 2. The summed E-state index contributed by atoms with van der Waals surface area (Å²) in [5.41, 5.74) is 3.97. The molecule has 3 nitrogen and oxygen atoms in total. The van der Waals surface area contributed by atoms with E-state index in [4.69, 9.17) is 10.8 Å². The van der Waals surface area contributed by atoms with E-state index in [1.807, 2.05) is 0 Å². The molecule has 0 aliphatic carbocycles. The van der Waals surface area contributed by atoms with Crippen LogP contribution in [0.1, 0.15) is 12.6 Å². The summed E-state index contributed by atoms with van der Waals surface area (Å²) in [5, 5.41) is 8.58. The number of aromatic nitrogens is 1. The molecule has 0 spiro atoms. The second kappa shape index (κ2) is 3.33. The second-order valence-corrected chi connectivity index (χ2v) is 3.57. The minimum absolute atomic E-state index is 0.288. The topological polar surface area (TPSA) is 51.2 Å². The zero-order chi connectivity index (χ0) is 11.0. The average molecular weight is 204 g/mol. The first-order valence-electron chi connectivity index (χ1n) is 4.22. The minimum Gasteiger partial charge on any atom is -0.390 e. The summed E-state index contributed by atoms with van der Waals surface area (Å²) in [5.74, 6) is -3.33. The van der Waals surface area contributed by atoms with E-state index in [1.54, 1.807) is 19.3 Å². The lowest BCUT2D eigenvalue weighted by atomic mass is 9.91. The lowest BCUT2D eigenvalue weighted by Gasteiger charge is -2.32. The highest BCUT2D eigenvalue weighted by Gasteiger charge is 2.49. The van der Waals surface area contributed by atoms with Gasteiger partial charge in [-0.2, -0.15) is 0 Å². The van der Waals surface area contributed by atoms with Crippen LogP contribution in [0.3, 0.4) is 0 Å². The van der Waals surface area contributed by atoms with Gasteiger partial charge in [-0.15, -0.1) is 0 Å². The van der Waals surface area contributed by atoms with Crippen molar-refractivity contribution >= 4 is 0 Å². The maximum absolute atomic E-state index is 13.3. The molecule has 0 fully saturated rings. The molecule has 0 amide bonds. The largest absolute Gasteiger partial charge is 0.390 e. The third-order valence-corrected chi connectivity index (χ3v) is 2.43. The zero-order valence-electron chi connectivity index (χ0n) is 8.17. The van der Waals surface area contributed by atoms with E-state index in [1.165, 1.54) is 17.6 Å². The zero-order valence-corrected chi connectivity index (χ0v) is 8.17. The molecule has 0 saturated heterocycles. The Labute approximate surface area is 81.1 Å². The number of nitrogens with zero attached hydrogens (tertiary/aromatic N) is 1. The van der Waals surface area contributed by atoms with E-state index in [0.29, 0.717) is 0 Å². The summed E-state index contributed by atoms with van der Waals surface area (Å²) in [7, 11) is 1.63. The predicted octanol–water partition coefficient (Wildman–Crippen LogP) is 0.827. The summed E-state index contributed by atoms with van der Waals surface area (Å²) < 4.78 is 28.1. The highest BCUT2D eigenvalue weighted by atomic mass is 19.3. The molecule has 80 valence electrons. The maximum Gasteiger partial charge on any atom is 0.293 e. The molecule has 1 aromatic heterocycles. The smallest absolute Gasteiger partial charge is 0.293 e. The van der Waals surface area contributed by atoms with Crippen LogP contribution in [0.4, 0.5) is 8.78 Å². The van der Waals surface area contributed by atoms with Gasteiger partial charge in [0.2, 0.25) is 0 Å². The van der Waals surface area contributed by atoms with Crippen molar-refractivity contribution in [3.05, 3.63) is 24.0 Å². The third kappa shape index (κ3) is 1.53. The molecule has 1 aromatic rings. The molecule has 0 aromatic carbocycles. The summed E-state index contributed by atoms with van der Waals surface area (Å²) in [6.45, 7) is -0.0519. The second-order valence-electron chi connectivity index (χ2n) is 3.57. The minimum atomic E-state index is -3.33. The van der Waals surface area contributed by atoms with Crippen LogP contribution >= 0.6 is 0 Å². The van der Waals surface area contributed by atoms with Gasteiger partial charge in [0, 0.05) is 18.9 Å². The number of rotatable bonds is 3. The maximum atomic E-state index is 13.3. The van der Waals surface area contributed by atoms with Crippen LogP contribution in [0.2, 0.25) is 0 Å².